The van der Waals surface area contributed by atoms with Crippen molar-refractivity contribution in [2.45, 2.75) is 31.2 Å². The molecule has 0 saturated carbocycles. The number of nitrogens with one attached hydrogen (secondary N) is 1. The van der Waals surface area contributed by atoms with Gasteiger partial charge in [-0.3, -0.25) is 0 Å². The van der Waals surface area contributed by atoms with Gasteiger partial charge in [0.05, 0.1) is 5.69 Å². The average molecular weight is 287 g/mol. The number of hydrogen-bond acceptors (Lipinski definition) is 5. The smallest absolute Gasteiger partial charge is 0.240 e. The maximum absolute atomic E-state index is 11.2. The van der Waals surface area contributed by atoms with Crippen LogP contribution in [0.4, 0.5) is 11.4 Å². The van der Waals surface area contributed by atoms with E-state index < -0.39 is 10.0 Å². The van der Waals surface area contributed by atoms with Gasteiger partial charge in [-0.1, -0.05) is 13.8 Å². The van der Waals surface area contributed by atoms with Crippen LogP contribution in [0.2, 0.25) is 0 Å². The Balaban J connectivity index is 2.95. The fourth-order valence-corrected chi connectivity index (χ4v) is 2.47. The molecule has 1 aromatic carbocycles. The van der Waals surface area contributed by atoms with Crippen LogP contribution in [0.15, 0.2) is 23.1 Å². The van der Waals surface area contributed by atoms with E-state index in [0.29, 0.717) is 18.0 Å². The predicted octanol–water partition coefficient (Wildman–Crippen LogP) is 0.735. The molecule has 0 spiro atoms. The van der Waals surface area contributed by atoms with Gasteiger partial charge in [0.1, 0.15) is 4.90 Å². The summed E-state index contributed by atoms with van der Waals surface area (Å²) in [5.74, 6) is 0.325. The van der Waals surface area contributed by atoms with Gasteiger partial charge in [-0.05, 0) is 30.5 Å². The fraction of sp³-hybridized carbons (Fsp3) is 0.500. The third-order valence-electron chi connectivity index (χ3n) is 2.91. The van der Waals surface area contributed by atoms with Gasteiger partial charge < -0.3 is 16.2 Å². The topological polar surface area (TPSA) is 118 Å². The molecule has 0 amide bonds. The summed E-state index contributed by atoms with van der Waals surface area (Å²) >= 11 is 0. The van der Waals surface area contributed by atoms with Gasteiger partial charge in [-0.15, -0.1) is 0 Å². The minimum absolute atomic E-state index is 0.0821. The molecule has 1 unspecified atom stereocenters. The van der Waals surface area contributed by atoms with Crippen LogP contribution in [-0.2, 0) is 10.0 Å². The van der Waals surface area contributed by atoms with E-state index in [1.165, 1.54) is 12.1 Å². The molecule has 108 valence electrons. The van der Waals surface area contributed by atoms with Crippen molar-refractivity contribution in [3.63, 3.8) is 0 Å². The molecule has 1 atom stereocenters. The van der Waals surface area contributed by atoms with Gasteiger partial charge in [0.2, 0.25) is 10.0 Å². The van der Waals surface area contributed by atoms with Crippen molar-refractivity contribution in [1.82, 2.24) is 0 Å². The standard InChI is InChI=1S/C12H21N3O3S/c1-8(2)11(5-6-16)15-9-3-4-12(10(13)7-9)19(14,17)18/h3-4,7-8,11,15-16H,5-6,13H2,1-2H3,(H2,14,17,18). The van der Waals surface area contributed by atoms with Crippen LogP contribution in [0.3, 0.4) is 0 Å². The number of benzene rings is 1. The van der Waals surface area contributed by atoms with Gasteiger partial charge in [-0.2, -0.15) is 0 Å². The summed E-state index contributed by atoms with van der Waals surface area (Å²) in [6.07, 6.45) is 0.606. The first-order chi connectivity index (χ1) is 8.75. The Bertz CT molecular complexity index is 529. The second-order valence-electron chi connectivity index (χ2n) is 4.80. The quantitative estimate of drug-likeness (QED) is 0.575. The highest BCUT2D eigenvalue weighted by atomic mass is 32.2. The first-order valence-corrected chi connectivity index (χ1v) is 7.60. The highest BCUT2D eigenvalue weighted by Crippen LogP contribution is 2.23. The molecule has 1 aromatic rings. The first kappa shape index (κ1) is 15.7. The van der Waals surface area contributed by atoms with Crippen LogP contribution < -0.4 is 16.2 Å². The predicted molar refractivity (Wildman–Crippen MR) is 76.2 cm³/mol. The summed E-state index contributed by atoms with van der Waals surface area (Å²) in [7, 11) is -3.80. The normalized spacial score (nSPS) is 13.5. The van der Waals surface area contributed by atoms with E-state index in [9.17, 15) is 8.42 Å². The van der Waals surface area contributed by atoms with E-state index in [-0.39, 0.29) is 23.2 Å². The number of hydrogen-bond donors (Lipinski definition) is 4. The molecule has 0 bridgehead atoms. The number of aliphatic hydroxyl groups excluding tert-OH is 1. The Morgan fingerprint density at radius 2 is 2.00 bits per heavy atom. The molecule has 1 rings (SSSR count). The molecule has 19 heavy (non-hydrogen) atoms. The zero-order chi connectivity index (χ0) is 14.6. The molecule has 0 aliphatic carbocycles. The highest BCUT2D eigenvalue weighted by Gasteiger charge is 2.15. The second-order valence-corrected chi connectivity index (χ2v) is 6.33. The Morgan fingerprint density at radius 3 is 2.42 bits per heavy atom. The SMILES string of the molecule is CC(C)C(CCO)Nc1ccc(S(N)(=O)=O)c(N)c1. The van der Waals surface area contributed by atoms with Gasteiger partial charge in [-0.25, -0.2) is 13.6 Å². The lowest BCUT2D eigenvalue weighted by Gasteiger charge is -2.23. The monoisotopic (exact) mass is 287 g/mol. The van der Waals surface area contributed by atoms with Crippen molar-refractivity contribution in [3.8, 4) is 0 Å². The van der Waals surface area contributed by atoms with Crippen LogP contribution in [0.25, 0.3) is 0 Å². The van der Waals surface area contributed by atoms with Crippen LogP contribution >= 0.6 is 0 Å². The summed E-state index contributed by atoms with van der Waals surface area (Å²) in [6, 6.07) is 4.61. The average Bonchev–Trinajstić information content (AvgIpc) is 2.26. The Kier molecular flexibility index (Phi) is 5.16. The molecular formula is C12H21N3O3S. The number of rotatable bonds is 6. The molecule has 0 aliphatic heterocycles. The van der Waals surface area contributed by atoms with Gasteiger partial charge in [0, 0.05) is 18.3 Å². The summed E-state index contributed by atoms with van der Waals surface area (Å²) in [4.78, 5) is -0.0821. The molecule has 6 N–H and O–H groups in total. The summed E-state index contributed by atoms with van der Waals surface area (Å²) in [5.41, 5.74) is 6.50. The Labute approximate surface area is 113 Å². The lowest BCUT2D eigenvalue weighted by molar-refractivity contribution is 0.267. The summed E-state index contributed by atoms with van der Waals surface area (Å²) in [6.45, 7) is 4.16. The van der Waals surface area contributed by atoms with Crippen LogP contribution in [0, 0.1) is 5.92 Å². The van der Waals surface area contributed by atoms with Gasteiger partial charge in [0.25, 0.3) is 0 Å². The minimum Gasteiger partial charge on any atom is -0.398 e. The van der Waals surface area contributed by atoms with Crippen molar-refractivity contribution in [2.24, 2.45) is 11.1 Å². The number of primary sulfonamides is 1. The molecular weight excluding hydrogens is 266 g/mol. The summed E-state index contributed by atoms with van der Waals surface area (Å²) < 4.78 is 22.5. The second kappa shape index (κ2) is 6.23. The fourth-order valence-electron chi connectivity index (χ4n) is 1.82. The van der Waals surface area contributed by atoms with E-state index in [4.69, 9.17) is 16.0 Å². The maximum atomic E-state index is 11.2. The number of aliphatic hydroxyl groups is 1. The molecule has 6 nitrogen and oxygen atoms in total. The van der Waals surface area contributed by atoms with Crippen LogP contribution in [-0.4, -0.2) is 26.2 Å². The first-order valence-electron chi connectivity index (χ1n) is 6.05. The third kappa shape index (κ3) is 4.38. The van der Waals surface area contributed by atoms with E-state index in [1.807, 2.05) is 13.8 Å². The minimum atomic E-state index is -3.80. The van der Waals surface area contributed by atoms with E-state index >= 15 is 0 Å². The zero-order valence-electron chi connectivity index (χ0n) is 11.1. The molecule has 0 fully saturated rings. The van der Waals surface area contributed by atoms with Gasteiger partial charge in [0.15, 0.2) is 0 Å². The van der Waals surface area contributed by atoms with Crippen LogP contribution in [0.1, 0.15) is 20.3 Å². The van der Waals surface area contributed by atoms with E-state index in [0.717, 1.165) is 0 Å². The number of nitrogen functional groups attached to an aromatic ring is 1. The number of anilines is 2. The lowest BCUT2D eigenvalue weighted by Crippen LogP contribution is -2.27. The zero-order valence-corrected chi connectivity index (χ0v) is 11.9. The van der Waals surface area contributed by atoms with Gasteiger partial charge >= 0.3 is 0 Å². The van der Waals surface area contributed by atoms with Crippen molar-refractivity contribution in [2.75, 3.05) is 17.7 Å². The number of nitrogens with two attached hydrogens (primary N) is 2. The highest BCUT2D eigenvalue weighted by molar-refractivity contribution is 7.89. The van der Waals surface area contributed by atoms with Crippen molar-refractivity contribution < 1.29 is 13.5 Å². The van der Waals surface area contributed by atoms with E-state index in [1.54, 1.807) is 6.07 Å². The Hall–Kier alpha value is -1.31. The molecule has 0 aliphatic rings. The van der Waals surface area contributed by atoms with Crippen molar-refractivity contribution in [3.05, 3.63) is 18.2 Å². The van der Waals surface area contributed by atoms with Crippen molar-refractivity contribution in [1.29, 1.82) is 0 Å². The molecule has 0 heterocycles. The molecule has 0 radical (unpaired) electrons. The Morgan fingerprint density at radius 1 is 1.37 bits per heavy atom. The lowest BCUT2D eigenvalue weighted by atomic mass is 10.0. The number of sulfonamides is 1. The third-order valence-corrected chi connectivity index (χ3v) is 3.90. The molecule has 7 heteroatoms. The molecule has 0 saturated heterocycles. The largest absolute Gasteiger partial charge is 0.398 e. The van der Waals surface area contributed by atoms with E-state index in [2.05, 4.69) is 5.32 Å². The van der Waals surface area contributed by atoms with Crippen molar-refractivity contribution >= 4 is 21.4 Å². The summed E-state index contributed by atoms with van der Waals surface area (Å²) in [5, 5.41) is 17.3. The van der Waals surface area contributed by atoms with Crippen LogP contribution in [0.5, 0.6) is 0 Å². The molecule has 0 aromatic heterocycles. The maximum Gasteiger partial charge on any atom is 0.240 e.